The number of hydrogen-bond acceptors (Lipinski definition) is 3. The Balaban J connectivity index is 0.00000220. The van der Waals surface area contributed by atoms with Crippen LogP contribution in [0, 0.1) is 5.92 Å². The topological polar surface area (TPSA) is 66.6 Å². The third-order valence-electron chi connectivity index (χ3n) is 4.05. The fourth-order valence-electron chi connectivity index (χ4n) is 2.77. The first-order valence-electron chi connectivity index (χ1n) is 6.60. The van der Waals surface area contributed by atoms with Crippen molar-refractivity contribution in [2.45, 2.75) is 31.7 Å². The van der Waals surface area contributed by atoms with Gasteiger partial charge in [-0.3, -0.25) is 4.79 Å². The largest absolute Gasteiger partial charge is 0.481 e. The summed E-state index contributed by atoms with van der Waals surface area (Å²) in [4.78, 5) is 13.2. The molecule has 1 aliphatic rings. The van der Waals surface area contributed by atoms with E-state index in [0.29, 0.717) is 6.04 Å². The molecule has 1 aromatic carbocycles. The van der Waals surface area contributed by atoms with Gasteiger partial charge in [0.25, 0.3) is 0 Å². The number of carboxylic acid groups (broad SMARTS) is 1. The molecule has 21 heavy (non-hydrogen) atoms. The summed E-state index contributed by atoms with van der Waals surface area (Å²) in [5.41, 5.74) is 7.83. The van der Waals surface area contributed by atoms with Gasteiger partial charge in [-0.15, -0.1) is 12.4 Å². The first-order chi connectivity index (χ1) is 9.40. The van der Waals surface area contributed by atoms with E-state index in [1.54, 1.807) is 0 Å². The van der Waals surface area contributed by atoms with Crippen molar-refractivity contribution in [3.05, 3.63) is 21.1 Å². The maximum absolute atomic E-state index is 11.0. The molecular formula is C14H19Br2ClN2O2. The lowest BCUT2D eigenvalue weighted by molar-refractivity contribution is -0.142. The number of nitrogen functional groups attached to an aromatic ring is 1. The van der Waals surface area contributed by atoms with Crippen molar-refractivity contribution in [1.29, 1.82) is 0 Å². The number of benzene rings is 1. The quantitative estimate of drug-likeness (QED) is 0.685. The monoisotopic (exact) mass is 440 g/mol. The highest BCUT2D eigenvalue weighted by Gasteiger charge is 2.28. The van der Waals surface area contributed by atoms with E-state index in [1.165, 1.54) is 0 Å². The molecule has 0 bridgehead atoms. The van der Waals surface area contributed by atoms with Gasteiger partial charge in [-0.2, -0.15) is 0 Å². The average molecular weight is 443 g/mol. The lowest BCUT2D eigenvalue weighted by atomic mass is 9.85. The van der Waals surface area contributed by atoms with Crippen LogP contribution in [-0.4, -0.2) is 24.2 Å². The minimum absolute atomic E-state index is 0. The predicted molar refractivity (Wildman–Crippen MR) is 95.3 cm³/mol. The van der Waals surface area contributed by atoms with Gasteiger partial charge in [0, 0.05) is 22.0 Å². The Kier molecular flexibility index (Phi) is 6.81. The molecule has 7 heteroatoms. The fraction of sp³-hybridized carbons (Fsp3) is 0.500. The molecule has 0 spiro atoms. The molecule has 2 rings (SSSR count). The van der Waals surface area contributed by atoms with Crippen molar-refractivity contribution < 1.29 is 9.90 Å². The van der Waals surface area contributed by atoms with Gasteiger partial charge in [-0.05, 0) is 53.7 Å². The number of carbonyl (C=O) groups is 1. The lowest BCUT2D eigenvalue weighted by Gasteiger charge is -2.35. The molecule has 0 radical (unpaired) electrons. The highest BCUT2D eigenvalue weighted by Crippen LogP contribution is 2.37. The van der Waals surface area contributed by atoms with Crippen molar-refractivity contribution in [3.8, 4) is 0 Å². The Morgan fingerprint density at radius 1 is 1.29 bits per heavy atom. The van der Waals surface area contributed by atoms with Crippen LogP contribution in [-0.2, 0) is 4.79 Å². The van der Waals surface area contributed by atoms with Crippen LogP contribution in [0.3, 0.4) is 0 Å². The van der Waals surface area contributed by atoms with E-state index < -0.39 is 5.97 Å². The second-order valence-corrected chi connectivity index (χ2v) is 7.05. The summed E-state index contributed by atoms with van der Waals surface area (Å²) in [5.74, 6) is -0.859. The van der Waals surface area contributed by atoms with Gasteiger partial charge < -0.3 is 15.7 Å². The Labute approximate surface area is 147 Å². The second kappa shape index (κ2) is 7.70. The number of nitrogens with zero attached hydrogens (tertiary/aromatic N) is 1. The highest BCUT2D eigenvalue weighted by atomic mass is 79.9. The molecule has 0 unspecified atom stereocenters. The van der Waals surface area contributed by atoms with Crippen LogP contribution in [0.1, 0.15) is 25.7 Å². The summed E-state index contributed by atoms with van der Waals surface area (Å²) in [6, 6.07) is 4.27. The van der Waals surface area contributed by atoms with Gasteiger partial charge in [0.2, 0.25) is 0 Å². The zero-order valence-corrected chi connectivity index (χ0v) is 15.7. The zero-order valence-electron chi connectivity index (χ0n) is 11.7. The molecule has 1 saturated carbocycles. The molecule has 1 aliphatic carbocycles. The summed E-state index contributed by atoms with van der Waals surface area (Å²) in [5, 5.41) is 9.05. The highest BCUT2D eigenvalue weighted by molar-refractivity contribution is 9.11. The smallest absolute Gasteiger partial charge is 0.306 e. The number of rotatable bonds is 3. The van der Waals surface area contributed by atoms with Gasteiger partial charge in [-0.1, -0.05) is 15.9 Å². The van der Waals surface area contributed by atoms with E-state index in [9.17, 15) is 4.79 Å². The van der Waals surface area contributed by atoms with Crippen molar-refractivity contribution in [3.63, 3.8) is 0 Å². The number of carboxylic acids is 1. The summed E-state index contributed by atoms with van der Waals surface area (Å²) < 4.78 is 1.84. The zero-order chi connectivity index (χ0) is 14.9. The SMILES string of the molecule is CN(c1cc(Br)cc(Br)c1N)C1CCC(C(=O)O)CC1.Cl. The van der Waals surface area contributed by atoms with Crippen LogP contribution in [0.15, 0.2) is 21.1 Å². The first-order valence-corrected chi connectivity index (χ1v) is 8.19. The van der Waals surface area contributed by atoms with Gasteiger partial charge in [0.05, 0.1) is 17.3 Å². The van der Waals surface area contributed by atoms with Crippen molar-refractivity contribution in [2.75, 3.05) is 17.7 Å². The molecular weight excluding hydrogens is 423 g/mol. The predicted octanol–water partition coefficient (Wildman–Crippen LogP) is 4.30. The molecule has 0 aromatic heterocycles. The van der Waals surface area contributed by atoms with Crippen LogP contribution < -0.4 is 10.6 Å². The van der Waals surface area contributed by atoms with Crippen molar-refractivity contribution >= 4 is 61.6 Å². The number of aliphatic carboxylic acids is 1. The Bertz CT molecular complexity index is 520. The van der Waals surface area contributed by atoms with Gasteiger partial charge in [0.1, 0.15) is 0 Å². The number of hydrogen-bond donors (Lipinski definition) is 2. The molecule has 0 atom stereocenters. The lowest BCUT2D eigenvalue weighted by Crippen LogP contribution is -2.37. The molecule has 118 valence electrons. The number of nitrogens with two attached hydrogens (primary N) is 1. The minimum Gasteiger partial charge on any atom is -0.481 e. The average Bonchev–Trinajstić information content (AvgIpc) is 2.42. The van der Waals surface area contributed by atoms with E-state index in [2.05, 4.69) is 36.8 Å². The Morgan fingerprint density at radius 2 is 1.86 bits per heavy atom. The van der Waals surface area contributed by atoms with Crippen LogP contribution in [0.2, 0.25) is 0 Å². The van der Waals surface area contributed by atoms with E-state index in [4.69, 9.17) is 10.8 Å². The molecule has 3 N–H and O–H groups in total. The maximum Gasteiger partial charge on any atom is 0.306 e. The van der Waals surface area contributed by atoms with Gasteiger partial charge >= 0.3 is 5.97 Å². The summed E-state index contributed by atoms with van der Waals surface area (Å²) in [7, 11) is 2.02. The van der Waals surface area contributed by atoms with Crippen molar-refractivity contribution in [1.82, 2.24) is 0 Å². The van der Waals surface area contributed by atoms with E-state index in [-0.39, 0.29) is 18.3 Å². The second-order valence-electron chi connectivity index (χ2n) is 5.28. The minimum atomic E-state index is -0.671. The normalized spacial score (nSPS) is 21.5. The van der Waals surface area contributed by atoms with Crippen LogP contribution in [0.25, 0.3) is 0 Å². The van der Waals surface area contributed by atoms with Gasteiger partial charge in [0.15, 0.2) is 0 Å². The summed E-state index contributed by atoms with van der Waals surface area (Å²) in [6.07, 6.45) is 3.24. The maximum atomic E-state index is 11.0. The summed E-state index contributed by atoms with van der Waals surface area (Å²) in [6.45, 7) is 0. The molecule has 1 fully saturated rings. The molecule has 0 heterocycles. The van der Waals surface area contributed by atoms with Crippen LogP contribution >= 0.6 is 44.3 Å². The van der Waals surface area contributed by atoms with E-state index >= 15 is 0 Å². The van der Waals surface area contributed by atoms with Crippen LogP contribution in [0.5, 0.6) is 0 Å². The van der Waals surface area contributed by atoms with Gasteiger partial charge in [-0.25, -0.2) is 0 Å². The number of halogens is 3. The molecule has 0 amide bonds. The van der Waals surface area contributed by atoms with Crippen LogP contribution in [0.4, 0.5) is 11.4 Å². The molecule has 1 aromatic rings. The molecule has 4 nitrogen and oxygen atoms in total. The first kappa shape index (κ1) is 18.6. The third kappa shape index (κ3) is 4.27. The van der Waals surface area contributed by atoms with Crippen molar-refractivity contribution in [2.24, 2.45) is 5.92 Å². The fourth-order valence-corrected chi connectivity index (χ4v) is 3.97. The van der Waals surface area contributed by atoms with E-state index in [0.717, 1.165) is 46.0 Å². The number of anilines is 2. The standard InChI is InChI=1S/C14H18Br2N2O2.ClH/c1-18(10-4-2-8(3-5-10)14(19)20)12-7-9(15)6-11(16)13(12)17;/h6-8,10H,2-5,17H2,1H3,(H,19,20);1H. The summed E-state index contributed by atoms with van der Waals surface area (Å²) >= 11 is 6.94. The molecule has 0 aliphatic heterocycles. The molecule has 0 saturated heterocycles. The Morgan fingerprint density at radius 3 is 2.38 bits per heavy atom. The third-order valence-corrected chi connectivity index (χ3v) is 5.16. The Hall–Kier alpha value is -0.460. The van der Waals surface area contributed by atoms with E-state index in [1.807, 2.05) is 19.2 Å².